The van der Waals surface area contributed by atoms with Crippen LogP contribution in [0.1, 0.15) is 32.3 Å². The zero-order chi connectivity index (χ0) is 15.7. The molecule has 21 heavy (non-hydrogen) atoms. The quantitative estimate of drug-likeness (QED) is 0.645. The highest BCUT2D eigenvalue weighted by Crippen LogP contribution is 2.12. The van der Waals surface area contributed by atoms with Gasteiger partial charge in [0.05, 0.1) is 13.7 Å². The van der Waals surface area contributed by atoms with Crippen LogP contribution in [-0.4, -0.2) is 29.9 Å². The van der Waals surface area contributed by atoms with Crippen LogP contribution >= 0.6 is 0 Å². The summed E-state index contributed by atoms with van der Waals surface area (Å²) < 4.78 is 10.2. The molecule has 0 heterocycles. The molecule has 0 aliphatic carbocycles. The predicted octanol–water partition coefficient (Wildman–Crippen LogP) is 2.30. The molecule has 0 aliphatic heterocycles. The third-order valence-electron chi connectivity index (χ3n) is 2.83. The van der Waals surface area contributed by atoms with Gasteiger partial charge in [0.15, 0.2) is 0 Å². The highest BCUT2D eigenvalue weighted by molar-refractivity contribution is 5.69. The van der Waals surface area contributed by atoms with Crippen LogP contribution in [0.4, 0.5) is 0 Å². The molecule has 0 bridgehead atoms. The zero-order valence-corrected chi connectivity index (χ0v) is 12.8. The van der Waals surface area contributed by atoms with Crippen molar-refractivity contribution in [2.24, 2.45) is 0 Å². The van der Waals surface area contributed by atoms with E-state index in [9.17, 15) is 9.90 Å². The highest BCUT2D eigenvalue weighted by atomic mass is 16.5. The zero-order valence-electron chi connectivity index (χ0n) is 12.8. The van der Waals surface area contributed by atoms with Gasteiger partial charge in [0.1, 0.15) is 11.7 Å². The summed E-state index contributed by atoms with van der Waals surface area (Å²) in [5, 5.41) is 9.71. The molecule has 0 spiro atoms. The topological polar surface area (TPSA) is 55.8 Å². The number of rotatable bonds is 6. The van der Waals surface area contributed by atoms with Gasteiger partial charge >= 0.3 is 5.97 Å². The lowest BCUT2D eigenvalue weighted by molar-refractivity contribution is -0.141. The average molecular weight is 290 g/mol. The van der Waals surface area contributed by atoms with Crippen LogP contribution in [0.5, 0.6) is 0 Å². The molecule has 0 radical (unpaired) electrons. The van der Waals surface area contributed by atoms with Crippen LogP contribution < -0.4 is 0 Å². The van der Waals surface area contributed by atoms with Gasteiger partial charge in [-0.2, -0.15) is 0 Å². The molecule has 1 N–H and O–H groups in total. The molecule has 0 saturated carbocycles. The first-order valence-corrected chi connectivity index (χ1v) is 6.88. The number of methoxy groups -OCH3 is 1. The number of benzene rings is 1. The smallest absolute Gasteiger partial charge is 0.305 e. The number of carbonyl (C=O) groups is 1. The van der Waals surface area contributed by atoms with Crippen LogP contribution in [0.25, 0.3) is 0 Å². The van der Waals surface area contributed by atoms with E-state index in [0.717, 1.165) is 5.56 Å². The summed E-state index contributed by atoms with van der Waals surface area (Å²) in [4.78, 5) is 11.0. The molecule has 1 rings (SSSR count). The van der Waals surface area contributed by atoms with Crippen LogP contribution in [0.2, 0.25) is 0 Å². The molecule has 0 saturated heterocycles. The molecule has 0 fully saturated rings. The van der Waals surface area contributed by atoms with E-state index < -0.39 is 11.7 Å². The third-order valence-corrected chi connectivity index (χ3v) is 2.83. The maximum absolute atomic E-state index is 11.0. The second kappa shape index (κ2) is 8.46. The standard InChI is InChI=1S/C17H22O4/c1-17(2,21-13-14-7-5-4-6-8-14)12-11-15(18)9-10-16(19)20-3/h4-8,15,18H,9-10,13H2,1-3H3/t15-/m1/s1. The summed E-state index contributed by atoms with van der Waals surface area (Å²) in [5.41, 5.74) is 0.404. The Morgan fingerprint density at radius 1 is 1.33 bits per heavy atom. The number of aliphatic hydroxyl groups is 1. The molecule has 1 atom stereocenters. The predicted molar refractivity (Wildman–Crippen MR) is 80.3 cm³/mol. The first kappa shape index (κ1) is 17.2. The molecule has 0 amide bonds. The van der Waals surface area contributed by atoms with Gasteiger partial charge in [0.25, 0.3) is 0 Å². The lowest BCUT2D eigenvalue weighted by atomic mass is 10.1. The van der Waals surface area contributed by atoms with Gasteiger partial charge in [-0.05, 0) is 25.8 Å². The van der Waals surface area contributed by atoms with Crippen LogP contribution in [0, 0.1) is 11.8 Å². The first-order chi connectivity index (χ1) is 9.93. The fourth-order valence-corrected chi connectivity index (χ4v) is 1.56. The van der Waals surface area contributed by atoms with E-state index in [4.69, 9.17) is 4.74 Å². The third kappa shape index (κ3) is 7.50. The van der Waals surface area contributed by atoms with Crippen LogP contribution in [0.15, 0.2) is 30.3 Å². The summed E-state index contributed by atoms with van der Waals surface area (Å²) in [7, 11) is 1.32. The van der Waals surface area contributed by atoms with Gasteiger partial charge in [-0.3, -0.25) is 4.79 Å². The van der Waals surface area contributed by atoms with Crippen LogP contribution in [-0.2, 0) is 20.9 Å². The Balaban J connectivity index is 2.44. The number of carbonyl (C=O) groups excluding carboxylic acids is 1. The average Bonchev–Trinajstić information content (AvgIpc) is 2.50. The second-order valence-corrected chi connectivity index (χ2v) is 5.18. The van der Waals surface area contributed by atoms with Crippen molar-refractivity contribution < 1.29 is 19.4 Å². The minimum Gasteiger partial charge on any atom is -0.469 e. The van der Waals surface area contributed by atoms with Gasteiger partial charge in [0.2, 0.25) is 0 Å². The molecule has 1 aromatic carbocycles. The van der Waals surface area contributed by atoms with E-state index in [1.165, 1.54) is 7.11 Å². The molecule has 0 aliphatic rings. The number of hydrogen-bond donors (Lipinski definition) is 1. The summed E-state index contributed by atoms with van der Waals surface area (Å²) in [6, 6.07) is 9.82. The number of aliphatic hydroxyl groups excluding tert-OH is 1. The Hall–Kier alpha value is -1.83. The molecular weight excluding hydrogens is 268 g/mol. The Morgan fingerprint density at radius 3 is 2.62 bits per heavy atom. The van der Waals surface area contributed by atoms with Crippen molar-refractivity contribution in [3.63, 3.8) is 0 Å². The number of esters is 1. The van der Waals surface area contributed by atoms with Crippen molar-refractivity contribution in [3.8, 4) is 11.8 Å². The second-order valence-electron chi connectivity index (χ2n) is 5.18. The van der Waals surface area contributed by atoms with Crippen molar-refractivity contribution in [2.75, 3.05) is 7.11 Å². The van der Waals surface area contributed by atoms with Crippen molar-refractivity contribution in [2.45, 2.75) is 45.0 Å². The summed E-state index contributed by atoms with van der Waals surface area (Å²) in [5.74, 6) is 5.26. The lowest BCUT2D eigenvalue weighted by Crippen LogP contribution is -2.22. The van der Waals surface area contributed by atoms with Crippen molar-refractivity contribution in [1.29, 1.82) is 0 Å². The van der Waals surface area contributed by atoms with Crippen molar-refractivity contribution >= 4 is 5.97 Å². The Kier molecular flexibility index (Phi) is 6.93. The molecular formula is C17H22O4. The van der Waals surface area contributed by atoms with E-state index in [1.54, 1.807) is 0 Å². The fraction of sp³-hybridized carbons (Fsp3) is 0.471. The van der Waals surface area contributed by atoms with Crippen LogP contribution in [0.3, 0.4) is 0 Å². The van der Waals surface area contributed by atoms with Crippen molar-refractivity contribution in [3.05, 3.63) is 35.9 Å². The minimum atomic E-state index is -0.858. The Morgan fingerprint density at radius 2 is 2.00 bits per heavy atom. The van der Waals surface area contributed by atoms with E-state index >= 15 is 0 Å². The fourth-order valence-electron chi connectivity index (χ4n) is 1.56. The number of ether oxygens (including phenoxy) is 2. The summed E-state index contributed by atoms with van der Waals surface area (Å²) in [6.07, 6.45) is -0.449. The normalized spacial score (nSPS) is 12.2. The Labute approximate surface area is 126 Å². The van der Waals surface area contributed by atoms with E-state index in [2.05, 4.69) is 16.6 Å². The van der Waals surface area contributed by atoms with Gasteiger partial charge in [-0.1, -0.05) is 42.2 Å². The van der Waals surface area contributed by atoms with Gasteiger partial charge in [0, 0.05) is 6.42 Å². The molecule has 1 aromatic rings. The van der Waals surface area contributed by atoms with E-state index in [0.29, 0.717) is 6.61 Å². The van der Waals surface area contributed by atoms with Crippen molar-refractivity contribution in [1.82, 2.24) is 0 Å². The van der Waals surface area contributed by atoms with E-state index in [-0.39, 0.29) is 18.8 Å². The SMILES string of the molecule is COC(=O)CC[C@@H](O)C#CC(C)(C)OCc1ccccc1. The maximum Gasteiger partial charge on any atom is 0.305 e. The molecule has 4 nitrogen and oxygen atoms in total. The Bertz CT molecular complexity index is 497. The molecule has 0 aromatic heterocycles. The van der Waals surface area contributed by atoms with Gasteiger partial charge < -0.3 is 14.6 Å². The summed E-state index contributed by atoms with van der Waals surface area (Å²) in [6.45, 7) is 4.15. The maximum atomic E-state index is 11.0. The van der Waals surface area contributed by atoms with Gasteiger partial charge in [-0.25, -0.2) is 0 Å². The molecule has 114 valence electrons. The summed E-state index contributed by atoms with van der Waals surface area (Å²) >= 11 is 0. The minimum absolute atomic E-state index is 0.150. The highest BCUT2D eigenvalue weighted by Gasteiger charge is 2.15. The number of hydrogen-bond acceptors (Lipinski definition) is 4. The first-order valence-electron chi connectivity index (χ1n) is 6.88. The monoisotopic (exact) mass is 290 g/mol. The lowest BCUT2D eigenvalue weighted by Gasteiger charge is -2.19. The van der Waals surface area contributed by atoms with E-state index in [1.807, 2.05) is 44.2 Å². The van der Waals surface area contributed by atoms with Gasteiger partial charge in [-0.15, -0.1) is 0 Å². The molecule has 0 unspecified atom stereocenters. The largest absolute Gasteiger partial charge is 0.469 e. The molecule has 4 heteroatoms.